The fourth-order valence-corrected chi connectivity index (χ4v) is 3.52. The molecular formula is C17H19ClFNO. The molecule has 112 valence electrons. The molecule has 0 aliphatic heterocycles. The van der Waals surface area contributed by atoms with E-state index in [0.717, 1.165) is 31.7 Å². The van der Waals surface area contributed by atoms with Crippen LogP contribution < -0.4 is 0 Å². The lowest BCUT2D eigenvalue weighted by Crippen LogP contribution is -2.36. The highest BCUT2D eigenvalue weighted by Gasteiger charge is 2.40. The predicted molar refractivity (Wildman–Crippen MR) is 80.5 cm³/mol. The molecular weight excluding hydrogens is 289 g/mol. The van der Waals surface area contributed by atoms with Crippen molar-refractivity contribution in [3.63, 3.8) is 0 Å². The number of carbonyl (C=O) groups excluding carboxylic acids is 1. The van der Waals surface area contributed by atoms with Gasteiger partial charge in [0.2, 0.25) is 0 Å². The maximum absolute atomic E-state index is 13.1. The third-order valence-electron chi connectivity index (χ3n) is 4.54. The number of benzene rings is 1. The van der Waals surface area contributed by atoms with Crippen LogP contribution in [0.2, 0.25) is 5.02 Å². The summed E-state index contributed by atoms with van der Waals surface area (Å²) in [7, 11) is 0. The van der Waals surface area contributed by atoms with Gasteiger partial charge in [-0.15, -0.1) is 0 Å². The molecule has 1 aliphatic rings. The Balaban J connectivity index is 2.33. The molecule has 2 rings (SSSR count). The third-order valence-corrected chi connectivity index (χ3v) is 4.87. The summed E-state index contributed by atoms with van der Waals surface area (Å²) in [5.74, 6) is -1.61. The Morgan fingerprint density at radius 2 is 2.19 bits per heavy atom. The van der Waals surface area contributed by atoms with E-state index in [9.17, 15) is 14.4 Å². The molecule has 1 aromatic carbocycles. The van der Waals surface area contributed by atoms with Crippen LogP contribution in [0.1, 0.15) is 51.0 Å². The fraction of sp³-hybridized carbons (Fsp3) is 0.529. The van der Waals surface area contributed by atoms with E-state index >= 15 is 0 Å². The Labute approximate surface area is 129 Å². The largest absolute Gasteiger partial charge is 0.298 e. The van der Waals surface area contributed by atoms with Gasteiger partial charge >= 0.3 is 0 Å². The molecule has 1 fully saturated rings. The van der Waals surface area contributed by atoms with Crippen LogP contribution in [-0.2, 0) is 4.79 Å². The van der Waals surface area contributed by atoms with Gasteiger partial charge < -0.3 is 0 Å². The number of halogens is 2. The smallest absolute Gasteiger partial charge is 0.158 e. The fourth-order valence-electron chi connectivity index (χ4n) is 3.24. The first-order chi connectivity index (χ1) is 9.86. The van der Waals surface area contributed by atoms with Crippen molar-refractivity contribution in [1.29, 1.82) is 5.26 Å². The molecule has 4 heteroatoms. The molecule has 2 nitrogen and oxygen atoms in total. The second kappa shape index (κ2) is 6.15. The second-order valence-corrected chi connectivity index (χ2v) is 6.82. The molecule has 0 radical (unpaired) electrons. The summed E-state index contributed by atoms with van der Waals surface area (Å²) in [6.45, 7) is 4.16. The molecule has 0 spiro atoms. The zero-order chi connectivity index (χ0) is 15.6. The minimum atomic E-state index is -0.916. The molecule has 2 unspecified atom stereocenters. The Bertz CT molecular complexity index is 591. The molecule has 0 N–H and O–H groups in total. The van der Waals surface area contributed by atoms with Gasteiger partial charge in [-0.05, 0) is 36.0 Å². The van der Waals surface area contributed by atoms with Gasteiger partial charge in [0.15, 0.2) is 5.78 Å². The van der Waals surface area contributed by atoms with Gasteiger partial charge in [-0.2, -0.15) is 5.26 Å². The molecule has 21 heavy (non-hydrogen) atoms. The highest BCUT2D eigenvalue weighted by Crippen LogP contribution is 2.43. The molecule has 0 saturated heterocycles. The van der Waals surface area contributed by atoms with Crippen LogP contribution in [0, 0.1) is 28.5 Å². The average Bonchev–Trinajstić information content (AvgIpc) is 2.41. The van der Waals surface area contributed by atoms with Crippen molar-refractivity contribution >= 4 is 17.4 Å². The molecule has 1 saturated carbocycles. The number of Topliss-reactive ketones (excluding diaryl/α,β-unsaturated/α-hetero) is 1. The number of ketones is 1. The van der Waals surface area contributed by atoms with Crippen molar-refractivity contribution < 1.29 is 9.18 Å². The predicted octanol–water partition coefficient (Wildman–Crippen LogP) is 4.87. The van der Waals surface area contributed by atoms with Crippen molar-refractivity contribution in [3.05, 3.63) is 34.6 Å². The average molecular weight is 308 g/mol. The summed E-state index contributed by atoms with van der Waals surface area (Å²) in [5.41, 5.74) is 0.309. The number of hydrogen-bond donors (Lipinski definition) is 0. The Morgan fingerprint density at radius 3 is 2.76 bits per heavy atom. The number of carbonyl (C=O) groups is 1. The van der Waals surface area contributed by atoms with Gasteiger partial charge in [0.25, 0.3) is 0 Å². The third kappa shape index (κ3) is 3.27. The second-order valence-electron chi connectivity index (χ2n) is 6.42. The first-order valence-electron chi connectivity index (χ1n) is 7.25. The van der Waals surface area contributed by atoms with Crippen molar-refractivity contribution in [1.82, 2.24) is 0 Å². The van der Waals surface area contributed by atoms with Crippen LogP contribution in [0.15, 0.2) is 18.2 Å². The normalized spacial score (nSPS) is 22.3. The molecule has 1 aliphatic carbocycles. The Morgan fingerprint density at radius 1 is 1.48 bits per heavy atom. The van der Waals surface area contributed by atoms with Gasteiger partial charge in [0, 0.05) is 10.9 Å². The maximum Gasteiger partial charge on any atom is 0.158 e. The van der Waals surface area contributed by atoms with Crippen LogP contribution in [0.25, 0.3) is 0 Å². The van der Waals surface area contributed by atoms with E-state index in [4.69, 9.17) is 11.6 Å². The number of nitriles is 1. The molecule has 0 bridgehead atoms. The van der Waals surface area contributed by atoms with E-state index in [1.54, 1.807) is 0 Å². The van der Waals surface area contributed by atoms with Crippen LogP contribution in [0.3, 0.4) is 0 Å². The van der Waals surface area contributed by atoms with Gasteiger partial charge in [-0.25, -0.2) is 4.39 Å². The SMILES string of the molecule is CC1(C)CCCCC1C(=O)C(C#N)c1ccc(F)cc1Cl. The first kappa shape index (κ1) is 16.0. The molecule has 1 aromatic rings. The topological polar surface area (TPSA) is 40.9 Å². The van der Waals surface area contributed by atoms with Crippen molar-refractivity contribution in [3.8, 4) is 6.07 Å². The van der Waals surface area contributed by atoms with E-state index in [1.165, 1.54) is 12.1 Å². The summed E-state index contributed by atoms with van der Waals surface area (Å²) >= 11 is 6.01. The zero-order valence-electron chi connectivity index (χ0n) is 12.3. The molecule has 0 aromatic heterocycles. The summed E-state index contributed by atoms with van der Waals surface area (Å²) in [4.78, 5) is 12.8. The van der Waals surface area contributed by atoms with Gasteiger partial charge in [-0.3, -0.25) is 4.79 Å². The van der Waals surface area contributed by atoms with Crippen LogP contribution in [0.4, 0.5) is 4.39 Å². The lowest BCUT2D eigenvalue weighted by Gasteiger charge is -2.38. The summed E-state index contributed by atoms with van der Waals surface area (Å²) in [6.07, 6.45) is 3.92. The monoisotopic (exact) mass is 307 g/mol. The summed E-state index contributed by atoms with van der Waals surface area (Å²) in [5, 5.41) is 9.56. The number of nitrogens with zero attached hydrogens (tertiary/aromatic N) is 1. The van der Waals surface area contributed by atoms with Gasteiger partial charge in [-0.1, -0.05) is 44.4 Å². The van der Waals surface area contributed by atoms with E-state index in [-0.39, 0.29) is 22.1 Å². The lowest BCUT2D eigenvalue weighted by atomic mass is 9.65. The highest BCUT2D eigenvalue weighted by atomic mass is 35.5. The van der Waals surface area contributed by atoms with Crippen molar-refractivity contribution in [2.24, 2.45) is 11.3 Å². The van der Waals surface area contributed by atoms with Crippen LogP contribution >= 0.6 is 11.6 Å². The van der Waals surface area contributed by atoms with Crippen LogP contribution in [-0.4, -0.2) is 5.78 Å². The van der Waals surface area contributed by atoms with Gasteiger partial charge in [0.1, 0.15) is 11.7 Å². The quantitative estimate of drug-likeness (QED) is 0.799. The minimum Gasteiger partial charge on any atom is -0.298 e. The standard InChI is InChI=1S/C17H19ClFNO/c1-17(2)8-4-3-5-14(17)16(21)13(10-20)12-7-6-11(19)9-15(12)18/h6-7,9,13-14H,3-5,8H2,1-2H3. The Kier molecular flexibility index (Phi) is 4.68. The van der Waals surface area contributed by atoms with E-state index < -0.39 is 11.7 Å². The van der Waals surface area contributed by atoms with E-state index in [1.807, 2.05) is 0 Å². The van der Waals surface area contributed by atoms with Crippen LogP contribution in [0.5, 0.6) is 0 Å². The van der Waals surface area contributed by atoms with E-state index in [0.29, 0.717) is 5.56 Å². The highest BCUT2D eigenvalue weighted by molar-refractivity contribution is 6.31. The lowest BCUT2D eigenvalue weighted by molar-refractivity contribution is -0.128. The summed E-state index contributed by atoms with van der Waals surface area (Å²) in [6, 6.07) is 5.89. The Hall–Kier alpha value is -1.40. The zero-order valence-corrected chi connectivity index (χ0v) is 13.1. The first-order valence-corrected chi connectivity index (χ1v) is 7.63. The summed E-state index contributed by atoms with van der Waals surface area (Å²) < 4.78 is 13.1. The maximum atomic E-state index is 13.1. The van der Waals surface area contributed by atoms with Gasteiger partial charge in [0.05, 0.1) is 6.07 Å². The molecule has 0 amide bonds. The number of rotatable bonds is 3. The number of hydrogen-bond acceptors (Lipinski definition) is 2. The van der Waals surface area contributed by atoms with Crippen molar-refractivity contribution in [2.45, 2.75) is 45.4 Å². The minimum absolute atomic E-state index is 0.0873. The molecule has 0 heterocycles. The van der Waals surface area contributed by atoms with E-state index in [2.05, 4.69) is 19.9 Å². The molecule has 2 atom stereocenters. The van der Waals surface area contributed by atoms with Crippen molar-refractivity contribution in [2.75, 3.05) is 0 Å².